The van der Waals surface area contributed by atoms with Crippen LogP contribution in [0.15, 0.2) is 48.1 Å². The summed E-state index contributed by atoms with van der Waals surface area (Å²) in [4.78, 5) is 0. The maximum absolute atomic E-state index is 2.17. The summed E-state index contributed by atoms with van der Waals surface area (Å²) in [5, 5.41) is 0. The fourth-order valence-corrected chi connectivity index (χ4v) is 1.10. The van der Waals surface area contributed by atoms with Gasteiger partial charge in [0.2, 0.25) is 0 Å². The van der Waals surface area contributed by atoms with Crippen molar-refractivity contribution in [3.05, 3.63) is 48.1 Å². The molecule has 0 amide bonds. The molecule has 0 heterocycles. The van der Waals surface area contributed by atoms with Gasteiger partial charge in [0.15, 0.2) is 0 Å². The highest BCUT2D eigenvalue weighted by Gasteiger charge is 1.89. The van der Waals surface area contributed by atoms with E-state index >= 15 is 0 Å². The molecule has 0 saturated carbocycles. The van der Waals surface area contributed by atoms with Gasteiger partial charge in [0.1, 0.15) is 0 Å². The van der Waals surface area contributed by atoms with Crippen LogP contribution < -0.4 is 0 Å². The summed E-state index contributed by atoms with van der Waals surface area (Å²) in [6, 6.07) is 0. The van der Waals surface area contributed by atoms with Gasteiger partial charge in [-0.25, -0.2) is 0 Å². The summed E-state index contributed by atoms with van der Waals surface area (Å²) < 4.78 is 0. The minimum Gasteiger partial charge on any atom is -0.0805 e. The Labute approximate surface area is 75.0 Å². The van der Waals surface area contributed by atoms with Gasteiger partial charge in [0.05, 0.1) is 0 Å². The van der Waals surface area contributed by atoms with E-state index in [0.717, 1.165) is 0 Å². The molecule has 0 spiro atoms. The first-order valence-corrected chi connectivity index (χ1v) is 4.46. The van der Waals surface area contributed by atoms with Gasteiger partial charge in [-0.3, -0.25) is 0 Å². The molecule has 0 bridgehead atoms. The average molecular weight is 160 g/mol. The largest absolute Gasteiger partial charge is 0.0805 e. The lowest BCUT2D eigenvalue weighted by Gasteiger charge is -1.84. The van der Waals surface area contributed by atoms with E-state index < -0.39 is 0 Å². The van der Waals surface area contributed by atoms with Crippen molar-refractivity contribution in [2.45, 2.75) is 20.3 Å². The molecule has 0 aromatic rings. The predicted molar refractivity (Wildman–Crippen MR) is 55.0 cm³/mol. The highest BCUT2D eigenvalue weighted by atomic mass is 14.0. The van der Waals surface area contributed by atoms with Gasteiger partial charge in [0.25, 0.3) is 0 Å². The lowest BCUT2D eigenvalue weighted by Crippen LogP contribution is -1.72. The first-order valence-electron chi connectivity index (χ1n) is 4.46. The summed E-state index contributed by atoms with van der Waals surface area (Å²) in [5.41, 5.74) is 1.47. The summed E-state index contributed by atoms with van der Waals surface area (Å²) in [7, 11) is 0. The molecule has 2 aliphatic rings. The predicted octanol–water partition coefficient (Wildman–Crippen LogP) is 3.64. The molecule has 0 heteroatoms. The van der Waals surface area contributed by atoms with Crippen molar-refractivity contribution in [1.82, 2.24) is 0 Å². The monoisotopic (exact) mass is 160 g/mol. The van der Waals surface area contributed by atoms with E-state index in [2.05, 4.69) is 56.4 Å². The topological polar surface area (TPSA) is 0 Å². The van der Waals surface area contributed by atoms with Crippen LogP contribution in [0.2, 0.25) is 0 Å². The lowest BCUT2D eigenvalue weighted by molar-refractivity contribution is 0.958. The van der Waals surface area contributed by atoms with E-state index in [-0.39, 0.29) is 0 Å². The normalized spacial score (nSPS) is 19.3. The van der Waals surface area contributed by atoms with Crippen LogP contribution in [0.3, 0.4) is 0 Å². The molecule has 0 aromatic carbocycles. The first-order chi connectivity index (χ1) is 5.79. The van der Waals surface area contributed by atoms with Gasteiger partial charge >= 0.3 is 0 Å². The Morgan fingerprint density at radius 2 is 1.83 bits per heavy atom. The minimum atomic E-state index is 0.685. The number of hydrogen-bond acceptors (Lipinski definition) is 0. The second kappa shape index (κ2) is 4.76. The molecule has 0 aromatic heterocycles. The van der Waals surface area contributed by atoms with Crippen LogP contribution in [0.4, 0.5) is 0 Å². The fourth-order valence-electron chi connectivity index (χ4n) is 1.10. The molecule has 64 valence electrons. The number of allylic oxidation sites excluding steroid dienone is 8. The van der Waals surface area contributed by atoms with Crippen molar-refractivity contribution in [3.8, 4) is 0 Å². The van der Waals surface area contributed by atoms with Gasteiger partial charge in [-0.2, -0.15) is 0 Å². The molecule has 0 aliphatic heterocycles. The van der Waals surface area contributed by atoms with Crippen LogP contribution in [-0.2, 0) is 0 Å². The van der Waals surface area contributed by atoms with Gasteiger partial charge in [-0.1, -0.05) is 55.0 Å². The third-order valence-corrected chi connectivity index (χ3v) is 1.90. The van der Waals surface area contributed by atoms with E-state index in [0.29, 0.717) is 5.92 Å². The number of rotatable bonds is 0. The van der Waals surface area contributed by atoms with Gasteiger partial charge in [0, 0.05) is 0 Å². The Morgan fingerprint density at radius 3 is 2.00 bits per heavy atom. The standard InChI is InChI=1S/2C6H8/c2*1-6-4-2-3-5-6/h2-4H,5H2,1H3;2-6H,1H3. The third-order valence-electron chi connectivity index (χ3n) is 1.90. The zero-order valence-electron chi connectivity index (χ0n) is 7.83. The van der Waals surface area contributed by atoms with Crippen molar-refractivity contribution in [2.24, 2.45) is 5.92 Å². The molecule has 12 heavy (non-hydrogen) atoms. The summed E-state index contributed by atoms with van der Waals surface area (Å²) in [6.07, 6.45) is 16.0. The SMILES string of the molecule is CC1=CC=CC1.CC1C=CC=C1. The summed E-state index contributed by atoms with van der Waals surface area (Å²) in [5.74, 6) is 0.685. The molecule has 2 rings (SSSR count). The molecular formula is C12H16. The van der Waals surface area contributed by atoms with E-state index in [1.54, 1.807) is 0 Å². The Hall–Kier alpha value is -1.04. The molecule has 0 saturated heterocycles. The molecule has 0 atom stereocenters. The van der Waals surface area contributed by atoms with Crippen molar-refractivity contribution >= 4 is 0 Å². The van der Waals surface area contributed by atoms with Crippen LogP contribution in [0.25, 0.3) is 0 Å². The van der Waals surface area contributed by atoms with Crippen molar-refractivity contribution in [2.75, 3.05) is 0 Å². The highest BCUT2D eigenvalue weighted by molar-refractivity contribution is 5.20. The summed E-state index contributed by atoms with van der Waals surface area (Å²) in [6.45, 7) is 4.31. The smallest absolute Gasteiger partial charge is 0.00756 e. The van der Waals surface area contributed by atoms with E-state index in [1.165, 1.54) is 12.0 Å². The molecule has 0 radical (unpaired) electrons. The maximum atomic E-state index is 2.17. The van der Waals surface area contributed by atoms with Crippen LogP contribution >= 0.6 is 0 Å². The second-order valence-corrected chi connectivity index (χ2v) is 3.27. The second-order valence-electron chi connectivity index (χ2n) is 3.27. The van der Waals surface area contributed by atoms with Gasteiger partial charge < -0.3 is 0 Å². The maximum Gasteiger partial charge on any atom is -0.00756 e. The van der Waals surface area contributed by atoms with Crippen LogP contribution in [0, 0.1) is 5.92 Å². The zero-order chi connectivity index (χ0) is 8.81. The minimum absolute atomic E-state index is 0.685. The molecule has 0 N–H and O–H groups in total. The van der Waals surface area contributed by atoms with E-state index in [1.807, 2.05) is 0 Å². The first kappa shape index (κ1) is 9.05. The zero-order valence-corrected chi connectivity index (χ0v) is 7.83. The molecule has 2 aliphatic carbocycles. The van der Waals surface area contributed by atoms with Crippen molar-refractivity contribution < 1.29 is 0 Å². The van der Waals surface area contributed by atoms with Crippen molar-refractivity contribution in [3.63, 3.8) is 0 Å². The Morgan fingerprint density at radius 1 is 1.17 bits per heavy atom. The van der Waals surface area contributed by atoms with Crippen LogP contribution in [0.5, 0.6) is 0 Å². The quantitative estimate of drug-likeness (QED) is 0.507. The molecule has 0 unspecified atom stereocenters. The molecular weight excluding hydrogens is 144 g/mol. The molecule has 0 fully saturated rings. The van der Waals surface area contributed by atoms with Crippen LogP contribution in [-0.4, -0.2) is 0 Å². The highest BCUT2D eigenvalue weighted by Crippen LogP contribution is 2.06. The van der Waals surface area contributed by atoms with Gasteiger partial charge in [-0.15, -0.1) is 0 Å². The van der Waals surface area contributed by atoms with Crippen LogP contribution in [0.1, 0.15) is 20.3 Å². The fraction of sp³-hybridized carbons (Fsp3) is 0.333. The average Bonchev–Trinajstić information content (AvgIpc) is 2.63. The Bertz CT molecular complexity index is 227. The van der Waals surface area contributed by atoms with Gasteiger partial charge in [-0.05, 0) is 19.3 Å². The van der Waals surface area contributed by atoms with E-state index in [4.69, 9.17) is 0 Å². The Balaban J connectivity index is 0.000000120. The summed E-state index contributed by atoms with van der Waals surface area (Å²) >= 11 is 0. The molecule has 0 nitrogen and oxygen atoms in total. The van der Waals surface area contributed by atoms with E-state index in [9.17, 15) is 0 Å². The Kier molecular flexibility index (Phi) is 3.59. The number of hydrogen-bond donors (Lipinski definition) is 0. The third kappa shape index (κ3) is 3.38. The van der Waals surface area contributed by atoms with Crippen molar-refractivity contribution in [1.29, 1.82) is 0 Å². The lowest BCUT2D eigenvalue weighted by atomic mass is 10.2.